The zero-order valence-electron chi connectivity index (χ0n) is 4.35. The van der Waals surface area contributed by atoms with Gasteiger partial charge in [0.05, 0.1) is 0 Å². The largest absolute Gasteiger partial charge is 0.480 e. The molecule has 2 N–H and O–H groups in total. The molecule has 0 bridgehead atoms. The highest BCUT2D eigenvalue weighted by atomic mass is 16.4. The summed E-state index contributed by atoms with van der Waals surface area (Å²) >= 11 is 0. The van der Waals surface area contributed by atoms with Crippen molar-refractivity contribution >= 4 is 5.97 Å². The standard InChI is InChI=1S/C5H7NO2/c7-5(8)4-2-1-3-6-4/h2,6H,1,3H2,(H,7,8). The van der Waals surface area contributed by atoms with Gasteiger partial charge in [0.25, 0.3) is 0 Å². The summed E-state index contributed by atoms with van der Waals surface area (Å²) in [6.07, 6.45) is 2.52. The van der Waals surface area contributed by atoms with Gasteiger partial charge in [-0.2, -0.15) is 0 Å². The fourth-order valence-electron chi connectivity index (χ4n) is 0.658. The van der Waals surface area contributed by atoms with Gasteiger partial charge in [-0.15, -0.1) is 0 Å². The summed E-state index contributed by atoms with van der Waals surface area (Å²) in [5, 5.41) is 11.0. The van der Waals surface area contributed by atoms with E-state index in [1.807, 2.05) is 0 Å². The average molecular weight is 113 g/mol. The monoisotopic (exact) mass is 113 g/mol. The van der Waals surface area contributed by atoms with Crippen molar-refractivity contribution in [2.45, 2.75) is 6.42 Å². The Morgan fingerprint density at radius 2 is 2.62 bits per heavy atom. The molecule has 0 atom stereocenters. The van der Waals surface area contributed by atoms with E-state index in [0.29, 0.717) is 6.04 Å². The topological polar surface area (TPSA) is 49.3 Å². The van der Waals surface area contributed by atoms with Crippen LogP contribution in [0.1, 0.15) is 6.42 Å². The van der Waals surface area contributed by atoms with Crippen LogP contribution in [-0.2, 0) is 4.79 Å². The molecule has 3 nitrogen and oxygen atoms in total. The van der Waals surface area contributed by atoms with Crippen molar-refractivity contribution in [3.63, 3.8) is 0 Å². The Hall–Kier alpha value is -0.570. The molecule has 1 saturated heterocycles. The summed E-state index contributed by atoms with van der Waals surface area (Å²) < 4.78 is 0. The van der Waals surface area contributed by atoms with E-state index in [-0.39, 0.29) is 0 Å². The van der Waals surface area contributed by atoms with Crippen molar-refractivity contribution in [2.75, 3.05) is 6.54 Å². The van der Waals surface area contributed by atoms with Gasteiger partial charge in [0.15, 0.2) is 0 Å². The maximum Gasteiger partial charge on any atom is 0.326 e. The van der Waals surface area contributed by atoms with Crippen LogP contribution in [0.4, 0.5) is 0 Å². The zero-order chi connectivity index (χ0) is 5.98. The van der Waals surface area contributed by atoms with Crippen LogP contribution in [0, 0.1) is 12.5 Å². The van der Waals surface area contributed by atoms with E-state index in [2.05, 4.69) is 5.32 Å². The van der Waals surface area contributed by atoms with E-state index >= 15 is 0 Å². The summed E-state index contributed by atoms with van der Waals surface area (Å²) in [4.78, 5) is 10.1. The summed E-state index contributed by atoms with van der Waals surface area (Å²) in [5.41, 5.74) is 0. The molecule has 0 aromatic rings. The third-order valence-corrected chi connectivity index (χ3v) is 1.04. The Labute approximate surface area is 47.7 Å². The Bertz CT molecular complexity index is 96.6. The fourth-order valence-corrected chi connectivity index (χ4v) is 0.658. The van der Waals surface area contributed by atoms with Gasteiger partial charge in [-0.05, 0) is 19.4 Å². The molecule has 8 heavy (non-hydrogen) atoms. The van der Waals surface area contributed by atoms with Gasteiger partial charge in [0.2, 0.25) is 0 Å². The Kier molecular flexibility index (Phi) is 1.48. The molecule has 3 heteroatoms. The summed E-state index contributed by atoms with van der Waals surface area (Å²) in [5.74, 6) is -0.859. The molecule has 1 aliphatic heterocycles. The molecule has 0 saturated carbocycles. The average Bonchev–Trinajstić information content (AvgIpc) is 2.12. The maximum atomic E-state index is 10.1. The molecule has 1 heterocycles. The smallest absolute Gasteiger partial charge is 0.326 e. The lowest BCUT2D eigenvalue weighted by molar-refractivity contribution is -0.134. The number of hydrogen-bond donors (Lipinski definition) is 2. The molecule has 0 aliphatic carbocycles. The highest BCUT2D eigenvalue weighted by Crippen LogP contribution is 2.09. The number of rotatable bonds is 1. The van der Waals surface area contributed by atoms with Crippen LogP contribution in [0.15, 0.2) is 0 Å². The lowest BCUT2D eigenvalue weighted by Gasteiger charge is -1.97. The first-order chi connectivity index (χ1) is 3.80. The molecule has 0 unspecified atom stereocenters. The Morgan fingerprint density at radius 1 is 1.88 bits per heavy atom. The quantitative estimate of drug-likeness (QED) is 0.495. The van der Waals surface area contributed by atoms with Gasteiger partial charge in [-0.3, -0.25) is 10.1 Å². The SMILES string of the molecule is O=C(O)[C]1[CH]CCN1. The van der Waals surface area contributed by atoms with Crippen LogP contribution in [0.3, 0.4) is 0 Å². The third kappa shape index (κ3) is 0.980. The molecule has 0 amide bonds. The van der Waals surface area contributed by atoms with E-state index < -0.39 is 5.97 Å². The van der Waals surface area contributed by atoms with Gasteiger partial charge in [-0.1, -0.05) is 0 Å². The first-order valence-electron chi connectivity index (χ1n) is 2.48. The van der Waals surface area contributed by atoms with Gasteiger partial charge in [0, 0.05) is 0 Å². The van der Waals surface area contributed by atoms with Gasteiger partial charge < -0.3 is 5.11 Å². The number of carbonyl (C=O) groups is 1. The van der Waals surface area contributed by atoms with Crippen LogP contribution >= 0.6 is 0 Å². The molecule has 1 fully saturated rings. The lowest BCUT2D eigenvalue weighted by Crippen LogP contribution is -2.21. The number of carboxylic acids is 1. The molecule has 1 rings (SSSR count). The van der Waals surface area contributed by atoms with Crippen LogP contribution in [0.5, 0.6) is 0 Å². The Morgan fingerprint density at radius 3 is 2.88 bits per heavy atom. The minimum atomic E-state index is -0.859. The minimum Gasteiger partial charge on any atom is -0.480 e. The van der Waals surface area contributed by atoms with Crippen molar-refractivity contribution in [1.82, 2.24) is 5.32 Å². The van der Waals surface area contributed by atoms with Crippen molar-refractivity contribution in [3.8, 4) is 0 Å². The van der Waals surface area contributed by atoms with E-state index in [1.54, 1.807) is 6.42 Å². The van der Waals surface area contributed by atoms with Gasteiger partial charge in [0.1, 0.15) is 6.04 Å². The number of hydrogen-bond acceptors (Lipinski definition) is 2. The van der Waals surface area contributed by atoms with Crippen molar-refractivity contribution in [2.24, 2.45) is 0 Å². The predicted molar refractivity (Wildman–Crippen MR) is 27.8 cm³/mol. The molecule has 44 valence electrons. The van der Waals surface area contributed by atoms with E-state index in [9.17, 15) is 4.79 Å². The highest BCUT2D eigenvalue weighted by Gasteiger charge is 2.22. The van der Waals surface area contributed by atoms with Crippen LogP contribution in [0.25, 0.3) is 0 Å². The van der Waals surface area contributed by atoms with Crippen LogP contribution < -0.4 is 5.32 Å². The highest BCUT2D eigenvalue weighted by molar-refractivity contribution is 5.84. The normalized spacial score (nSPS) is 21.5. The van der Waals surface area contributed by atoms with Crippen molar-refractivity contribution in [3.05, 3.63) is 12.5 Å². The van der Waals surface area contributed by atoms with E-state index in [0.717, 1.165) is 13.0 Å². The number of carboxylic acid groups (broad SMARTS) is 1. The molecule has 1 aliphatic rings. The van der Waals surface area contributed by atoms with Crippen molar-refractivity contribution in [1.29, 1.82) is 0 Å². The number of aliphatic carboxylic acids is 1. The molecule has 0 spiro atoms. The third-order valence-electron chi connectivity index (χ3n) is 1.04. The first kappa shape index (κ1) is 5.56. The second-order valence-electron chi connectivity index (χ2n) is 1.64. The zero-order valence-corrected chi connectivity index (χ0v) is 4.35. The Balaban J connectivity index is 2.35. The molecule has 0 aromatic heterocycles. The predicted octanol–water partition coefficient (Wildman–Crippen LogP) is -0.199. The summed E-state index contributed by atoms with van der Waals surface area (Å²) in [6, 6.07) is 0.338. The minimum absolute atomic E-state index is 0.338. The van der Waals surface area contributed by atoms with Crippen LogP contribution in [-0.4, -0.2) is 17.6 Å². The summed E-state index contributed by atoms with van der Waals surface area (Å²) in [7, 11) is 0. The number of nitrogens with one attached hydrogen (secondary N) is 1. The van der Waals surface area contributed by atoms with Crippen LogP contribution in [0.2, 0.25) is 0 Å². The summed E-state index contributed by atoms with van der Waals surface area (Å²) in [6.45, 7) is 0.766. The van der Waals surface area contributed by atoms with E-state index in [1.165, 1.54) is 0 Å². The molecule has 0 aromatic carbocycles. The fraction of sp³-hybridized carbons (Fsp3) is 0.400. The van der Waals surface area contributed by atoms with Crippen molar-refractivity contribution < 1.29 is 9.90 Å². The molecular formula is C5H7NO2. The molecule has 2 radical (unpaired) electrons. The molecular weight excluding hydrogens is 106 g/mol. The first-order valence-corrected chi connectivity index (χ1v) is 2.48. The van der Waals surface area contributed by atoms with Gasteiger partial charge in [-0.25, -0.2) is 0 Å². The lowest BCUT2D eigenvalue weighted by atomic mass is 10.2. The maximum absolute atomic E-state index is 10.1. The second-order valence-corrected chi connectivity index (χ2v) is 1.64. The van der Waals surface area contributed by atoms with Gasteiger partial charge >= 0.3 is 5.97 Å². The van der Waals surface area contributed by atoms with E-state index in [4.69, 9.17) is 5.11 Å². The second kappa shape index (κ2) is 2.13.